The fraction of sp³-hybridized carbons (Fsp3) is 0.571. The van der Waals surface area contributed by atoms with Crippen molar-refractivity contribution in [3.63, 3.8) is 0 Å². The zero-order valence-electron chi connectivity index (χ0n) is 21.3. The maximum absolute atomic E-state index is 11.0. The molecule has 2 aromatic carbocycles. The molecule has 5 heteroatoms. The normalized spacial score (nSPS) is 13.3. The van der Waals surface area contributed by atoms with Gasteiger partial charge in [0, 0.05) is 34.5 Å². The van der Waals surface area contributed by atoms with Crippen molar-refractivity contribution in [2.75, 3.05) is 6.16 Å². The van der Waals surface area contributed by atoms with E-state index in [4.69, 9.17) is 9.79 Å². The Hall–Kier alpha value is -1.61. The first-order valence-corrected chi connectivity index (χ1v) is 14.2. The Morgan fingerprint density at radius 2 is 1.12 bits per heavy atom. The summed E-state index contributed by atoms with van der Waals surface area (Å²) < 4.78 is 13.4. The molecular weight excluding hydrogens is 429 g/mol. The van der Waals surface area contributed by atoms with Crippen molar-refractivity contribution >= 4 is 29.4 Å². The highest BCUT2D eigenvalue weighted by molar-refractivity contribution is 7.51. The molecule has 3 aromatic rings. The van der Waals surface area contributed by atoms with Crippen molar-refractivity contribution in [3.05, 3.63) is 47.5 Å². The van der Waals surface area contributed by atoms with Crippen LogP contribution in [0.2, 0.25) is 0 Å². The monoisotopic (exact) mass is 471 g/mol. The lowest BCUT2D eigenvalue weighted by Gasteiger charge is -2.19. The lowest BCUT2D eigenvalue weighted by Crippen LogP contribution is -2.10. The minimum Gasteiger partial charge on any atom is -0.340 e. The van der Waals surface area contributed by atoms with Gasteiger partial charge in [-0.05, 0) is 59.1 Å². The number of benzene rings is 2. The zero-order chi connectivity index (χ0) is 24.4. The van der Waals surface area contributed by atoms with E-state index in [-0.39, 0.29) is 17.0 Å². The van der Waals surface area contributed by atoms with Crippen molar-refractivity contribution in [1.82, 2.24) is 4.57 Å². The molecule has 33 heavy (non-hydrogen) atoms. The third-order valence-electron chi connectivity index (χ3n) is 6.68. The third-order valence-corrected chi connectivity index (χ3v) is 7.58. The van der Waals surface area contributed by atoms with Gasteiger partial charge >= 0.3 is 7.60 Å². The molecule has 0 spiro atoms. The predicted octanol–water partition coefficient (Wildman–Crippen LogP) is 7.91. The van der Waals surface area contributed by atoms with Gasteiger partial charge in [0.1, 0.15) is 0 Å². The van der Waals surface area contributed by atoms with E-state index in [1.54, 1.807) is 0 Å². The second kappa shape index (κ2) is 9.94. The van der Waals surface area contributed by atoms with Gasteiger partial charge in [-0.15, -0.1) is 0 Å². The minimum atomic E-state index is -3.84. The first-order chi connectivity index (χ1) is 15.3. The highest BCUT2D eigenvalue weighted by Gasteiger charge is 2.20. The SMILES string of the molecule is CC(C)(C)c1ccc2c(c1)c1cc(C(C)(C)C)ccc1n2CCCCCCCCP(=O)(O)O. The average molecular weight is 472 g/mol. The smallest absolute Gasteiger partial charge is 0.325 e. The number of hydrogen-bond donors (Lipinski definition) is 2. The van der Waals surface area contributed by atoms with Crippen LogP contribution in [0.1, 0.15) is 91.2 Å². The molecule has 1 heterocycles. The van der Waals surface area contributed by atoms with E-state index in [0.29, 0.717) is 6.42 Å². The van der Waals surface area contributed by atoms with Crippen molar-refractivity contribution in [3.8, 4) is 0 Å². The average Bonchev–Trinajstić information content (AvgIpc) is 3.00. The van der Waals surface area contributed by atoms with E-state index >= 15 is 0 Å². The van der Waals surface area contributed by atoms with E-state index in [2.05, 4.69) is 82.5 Å². The molecule has 0 fully saturated rings. The van der Waals surface area contributed by atoms with Crippen LogP contribution in [0.3, 0.4) is 0 Å². The van der Waals surface area contributed by atoms with Gasteiger partial charge in [0.15, 0.2) is 0 Å². The molecule has 0 saturated carbocycles. The molecule has 0 bridgehead atoms. The lowest BCUT2D eigenvalue weighted by atomic mass is 9.85. The second-order valence-electron chi connectivity index (χ2n) is 11.6. The topological polar surface area (TPSA) is 62.5 Å². The number of aryl methyl sites for hydroxylation is 1. The maximum atomic E-state index is 11.0. The van der Waals surface area contributed by atoms with Gasteiger partial charge in [-0.2, -0.15) is 0 Å². The highest BCUT2D eigenvalue weighted by Crippen LogP contribution is 2.37. The summed E-state index contributed by atoms with van der Waals surface area (Å²) >= 11 is 0. The van der Waals surface area contributed by atoms with Crippen LogP contribution < -0.4 is 0 Å². The van der Waals surface area contributed by atoms with Gasteiger partial charge in [0.05, 0.1) is 0 Å². The Labute approximate surface area is 199 Å². The summed E-state index contributed by atoms with van der Waals surface area (Å²) in [4.78, 5) is 17.9. The molecule has 182 valence electrons. The van der Waals surface area contributed by atoms with E-state index in [0.717, 1.165) is 38.6 Å². The van der Waals surface area contributed by atoms with E-state index < -0.39 is 7.60 Å². The summed E-state index contributed by atoms with van der Waals surface area (Å²) in [5.74, 6) is 0. The molecule has 2 N–H and O–H groups in total. The maximum Gasteiger partial charge on any atom is 0.325 e. The molecule has 0 amide bonds. The number of aromatic nitrogens is 1. The predicted molar refractivity (Wildman–Crippen MR) is 141 cm³/mol. The van der Waals surface area contributed by atoms with Gasteiger partial charge in [0.2, 0.25) is 0 Å². The standard InChI is InChI=1S/C28H42NO3P/c1-27(2,3)21-13-15-25-23(19-21)24-20-22(28(4,5)6)14-16-26(24)29(25)17-11-9-7-8-10-12-18-33(30,31)32/h13-16,19-20H,7-12,17-18H2,1-6H3,(H2,30,31,32). The number of fused-ring (bicyclic) bond motifs is 3. The van der Waals surface area contributed by atoms with Gasteiger partial charge in [-0.1, -0.05) is 79.4 Å². The zero-order valence-corrected chi connectivity index (χ0v) is 22.2. The Kier molecular flexibility index (Phi) is 7.83. The Morgan fingerprint density at radius 3 is 1.55 bits per heavy atom. The van der Waals surface area contributed by atoms with Gasteiger partial charge in [-0.25, -0.2) is 0 Å². The molecule has 0 aliphatic carbocycles. The number of hydrogen-bond acceptors (Lipinski definition) is 1. The quantitative estimate of drug-likeness (QED) is 0.246. The van der Waals surface area contributed by atoms with Gasteiger partial charge < -0.3 is 14.4 Å². The fourth-order valence-corrected chi connectivity index (χ4v) is 5.21. The van der Waals surface area contributed by atoms with Gasteiger partial charge in [-0.3, -0.25) is 4.57 Å². The van der Waals surface area contributed by atoms with E-state index in [1.165, 1.54) is 32.9 Å². The van der Waals surface area contributed by atoms with E-state index in [9.17, 15) is 4.57 Å². The van der Waals surface area contributed by atoms with Crippen LogP contribution in [0.25, 0.3) is 21.8 Å². The van der Waals surface area contributed by atoms with Crippen molar-refractivity contribution in [1.29, 1.82) is 0 Å². The Bertz CT molecular complexity index is 1070. The van der Waals surface area contributed by atoms with Crippen LogP contribution >= 0.6 is 7.60 Å². The molecule has 0 unspecified atom stereocenters. The minimum absolute atomic E-state index is 0.0153. The number of nitrogens with zero attached hydrogens (tertiary/aromatic N) is 1. The summed E-state index contributed by atoms with van der Waals surface area (Å²) in [6.45, 7) is 14.6. The lowest BCUT2D eigenvalue weighted by molar-refractivity contribution is 0.370. The first-order valence-electron chi connectivity index (χ1n) is 12.4. The summed E-state index contributed by atoms with van der Waals surface area (Å²) in [5.41, 5.74) is 5.58. The molecule has 0 atom stereocenters. The van der Waals surface area contributed by atoms with E-state index in [1.807, 2.05) is 0 Å². The van der Waals surface area contributed by atoms with Gasteiger partial charge in [0.25, 0.3) is 0 Å². The van der Waals surface area contributed by atoms with Crippen LogP contribution in [0, 0.1) is 0 Å². The molecule has 3 rings (SSSR count). The largest absolute Gasteiger partial charge is 0.340 e. The third kappa shape index (κ3) is 6.72. The Morgan fingerprint density at radius 1 is 0.697 bits per heavy atom. The summed E-state index contributed by atoms with van der Waals surface area (Å²) in [6, 6.07) is 13.9. The van der Waals surface area contributed by atoms with Crippen LogP contribution in [-0.4, -0.2) is 20.5 Å². The molecule has 1 aromatic heterocycles. The van der Waals surface area contributed by atoms with Crippen molar-refractivity contribution < 1.29 is 14.4 Å². The molecular formula is C28H42NO3P. The molecule has 0 saturated heterocycles. The summed E-state index contributed by atoms with van der Waals surface area (Å²) in [7, 11) is -3.84. The molecule has 0 aliphatic rings. The summed E-state index contributed by atoms with van der Waals surface area (Å²) in [6.07, 6.45) is 5.92. The van der Waals surface area contributed by atoms with Crippen LogP contribution in [-0.2, 0) is 21.9 Å². The van der Waals surface area contributed by atoms with Crippen molar-refractivity contribution in [2.24, 2.45) is 0 Å². The number of rotatable bonds is 9. The van der Waals surface area contributed by atoms with Crippen molar-refractivity contribution in [2.45, 2.75) is 97.4 Å². The highest BCUT2D eigenvalue weighted by atomic mass is 31.2. The fourth-order valence-electron chi connectivity index (χ4n) is 4.57. The second-order valence-corrected chi connectivity index (χ2v) is 13.4. The van der Waals surface area contributed by atoms with Crippen LogP contribution in [0.15, 0.2) is 36.4 Å². The summed E-state index contributed by atoms with van der Waals surface area (Å²) in [5, 5.41) is 2.70. The molecule has 0 radical (unpaired) electrons. The molecule has 0 aliphatic heterocycles. The van der Waals surface area contributed by atoms with Crippen LogP contribution in [0.4, 0.5) is 0 Å². The van der Waals surface area contributed by atoms with Crippen LogP contribution in [0.5, 0.6) is 0 Å². The number of unbranched alkanes of at least 4 members (excludes halogenated alkanes) is 5. The first kappa shape index (κ1) is 26.0. The Balaban J connectivity index is 1.80. The molecule has 4 nitrogen and oxygen atoms in total.